The summed E-state index contributed by atoms with van der Waals surface area (Å²) in [5.74, 6) is 0.800. The summed E-state index contributed by atoms with van der Waals surface area (Å²) >= 11 is 0. The molecule has 0 saturated carbocycles. The van der Waals surface area contributed by atoms with Gasteiger partial charge in [-0.25, -0.2) is 9.97 Å². The SMILES string of the molecule is CCCCCc1cnc(-c2ccc(-c3ccc(CCC)cc3)cc2)nc1. The maximum Gasteiger partial charge on any atom is 0.159 e. The summed E-state index contributed by atoms with van der Waals surface area (Å²) in [5.41, 5.74) is 6.18. The van der Waals surface area contributed by atoms with E-state index in [1.165, 1.54) is 47.9 Å². The Bertz CT molecular complexity index is 787. The average Bonchev–Trinajstić information content (AvgIpc) is 2.70. The van der Waals surface area contributed by atoms with Crippen molar-refractivity contribution in [2.45, 2.75) is 52.4 Å². The number of benzene rings is 2. The Balaban J connectivity index is 1.68. The summed E-state index contributed by atoms with van der Waals surface area (Å²) in [6, 6.07) is 17.4. The first kappa shape index (κ1) is 18.3. The van der Waals surface area contributed by atoms with E-state index in [0.29, 0.717) is 0 Å². The van der Waals surface area contributed by atoms with Crippen LogP contribution in [0.5, 0.6) is 0 Å². The summed E-state index contributed by atoms with van der Waals surface area (Å²) < 4.78 is 0. The minimum atomic E-state index is 0.800. The van der Waals surface area contributed by atoms with Gasteiger partial charge >= 0.3 is 0 Å². The zero-order valence-electron chi connectivity index (χ0n) is 15.9. The summed E-state index contributed by atoms with van der Waals surface area (Å²) in [7, 11) is 0. The molecule has 134 valence electrons. The molecule has 0 fully saturated rings. The van der Waals surface area contributed by atoms with Crippen molar-refractivity contribution >= 4 is 0 Å². The van der Waals surface area contributed by atoms with E-state index in [4.69, 9.17) is 0 Å². The predicted molar refractivity (Wildman–Crippen MR) is 110 cm³/mol. The van der Waals surface area contributed by atoms with Gasteiger partial charge in [0.2, 0.25) is 0 Å². The Labute approximate surface area is 157 Å². The maximum absolute atomic E-state index is 4.55. The standard InChI is InChI=1S/C24H28N2/c1-3-5-6-8-20-17-25-24(26-18-20)23-15-13-22(14-16-23)21-11-9-19(7-4-2)10-12-21/h9-18H,3-8H2,1-2H3. The largest absolute Gasteiger partial charge is 0.236 e. The molecule has 0 saturated heterocycles. The molecule has 3 rings (SSSR count). The molecule has 0 aliphatic carbocycles. The quantitative estimate of drug-likeness (QED) is 0.436. The Morgan fingerprint density at radius 3 is 1.73 bits per heavy atom. The molecule has 0 aliphatic rings. The van der Waals surface area contributed by atoms with Crippen molar-refractivity contribution in [3.63, 3.8) is 0 Å². The van der Waals surface area contributed by atoms with E-state index in [9.17, 15) is 0 Å². The molecule has 0 amide bonds. The lowest BCUT2D eigenvalue weighted by molar-refractivity contribution is 0.714. The van der Waals surface area contributed by atoms with E-state index in [1.54, 1.807) is 0 Å². The lowest BCUT2D eigenvalue weighted by Gasteiger charge is -2.06. The monoisotopic (exact) mass is 344 g/mol. The van der Waals surface area contributed by atoms with Crippen molar-refractivity contribution in [3.8, 4) is 22.5 Å². The third-order valence-electron chi connectivity index (χ3n) is 4.74. The van der Waals surface area contributed by atoms with Crippen LogP contribution < -0.4 is 0 Å². The van der Waals surface area contributed by atoms with Crippen LogP contribution in [0.15, 0.2) is 60.9 Å². The molecule has 0 bridgehead atoms. The Hall–Kier alpha value is -2.48. The van der Waals surface area contributed by atoms with E-state index in [-0.39, 0.29) is 0 Å². The molecule has 0 radical (unpaired) electrons. The highest BCUT2D eigenvalue weighted by atomic mass is 14.9. The number of aryl methyl sites for hydroxylation is 2. The molecule has 2 heteroatoms. The molecule has 0 aliphatic heterocycles. The third-order valence-corrected chi connectivity index (χ3v) is 4.74. The lowest BCUT2D eigenvalue weighted by Crippen LogP contribution is -1.93. The normalized spacial score (nSPS) is 10.8. The Morgan fingerprint density at radius 1 is 0.577 bits per heavy atom. The van der Waals surface area contributed by atoms with Gasteiger partial charge in [0.05, 0.1) is 0 Å². The molecule has 2 nitrogen and oxygen atoms in total. The average molecular weight is 345 g/mol. The van der Waals surface area contributed by atoms with Crippen LogP contribution in [0.25, 0.3) is 22.5 Å². The number of hydrogen-bond donors (Lipinski definition) is 0. The van der Waals surface area contributed by atoms with Gasteiger partial charge in [0, 0.05) is 18.0 Å². The smallest absolute Gasteiger partial charge is 0.159 e. The number of unbranched alkanes of at least 4 members (excludes halogenated alkanes) is 2. The van der Waals surface area contributed by atoms with Crippen molar-refractivity contribution in [3.05, 3.63) is 72.1 Å². The number of rotatable bonds is 8. The first-order valence-corrected chi connectivity index (χ1v) is 9.81. The summed E-state index contributed by atoms with van der Waals surface area (Å²) in [6.45, 7) is 4.44. The van der Waals surface area contributed by atoms with Crippen molar-refractivity contribution < 1.29 is 0 Å². The van der Waals surface area contributed by atoms with Gasteiger partial charge in [-0.1, -0.05) is 81.6 Å². The number of aromatic nitrogens is 2. The predicted octanol–water partition coefficient (Wildman–Crippen LogP) is 6.50. The minimum Gasteiger partial charge on any atom is -0.236 e. The van der Waals surface area contributed by atoms with Crippen molar-refractivity contribution in [2.75, 3.05) is 0 Å². The van der Waals surface area contributed by atoms with Gasteiger partial charge in [-0.05, 0) is 41.5 Å². The topological polar surface area (TPSA) is 25.8 Å². The third kappa shape index (κ3) is 4.78. The molecule has 1 aromatic heterocycles. The van der Waals surface area contributed by atoms with Gasteiger partial charge in [-0.3, -0.25) is 0 Å². The Morgan fingerprint density at radius 2 is 1.15 bits per heavy atom. The van der Waals surface area contributed by atoms with E-state index >= 15 is 0 Å². The highest BCUT2D eigenvalue weighted by Crippen LogP contribution is 2.23. The lowest BCUT2D eigenvalue weighted by atomic mass is 10.0. The van der Waals surface area contributed by atoms with Gasteiger partial charge in [0.25, 0.3) is 0 Å². The van der Waals surface area contributed by atoms with E-state index in [1.807, 2.05) is 12.4 Å². The van der Waals surface area contributed by atoms with Crippen molar-refractivity contribution in [2.24, 2.45) is 0 Å². The van der Waals surface area contributed by atoms with Gasteiger partial charge in [0.1, 0.15) is 0 Å². The number of nitrogens with zero attached hydrogens (tertiary/aromatic N) is 2. The van der Waals surface area contributed by atoms with Crippen molar-refractivity contribution in [1.29, 1.82) is 0 Å². The molecule has 0 atom stereocenters. The zero-order valence-corrected chi connectivity index (χ0v) is 15.9. The summed E-state index contributed by atoms with van der Waals surface area (Å²) in [6.07, 6.45) is 11.1. The van der Waals surface area contributed by atoms with Crippen LogP contribution in [0.2, 0.25) is 0 Å². The fourth-order valence-corrected chi connectivity index (χ4v) is 3.18. The first-order chi connectivity index (χ1) is 12.8. The van der Waals surface area contributed by atoms with Crippen LogP contribution >= 0.6 is 0 Å². The highest BCUT2D eigenvalue weighted by Gasteiger charge is 2.04. The van der Waals surface area contributed by atoms with Crippen LogP contribution in [-0.2, 0) is 12.8 Å². The second kappa shape index (κ2) is 9.28. The van der Waals surface area contributed by atoms with E-state index < -0.39 is 0 Å². The molecule has 26 heavy (non-hydrogen) atoms. The van der Waals surface area contributed by atoms with E-state index in [0.717, 1.165) is 24.2 Å². The van der Waals surface area contributed by atoms with Crippen molar-refractivity contribution in [1.82, 2.24) is 9.97 Å². The first-order valence-electron chi connectivity index (χ1n) is 9.81. The second-order valence-electron chi connectivity index (χ2n) is 6.90. The Kier molecular flexibility index (Phi) is 6.54. The highest BCUT2D eigenvalue weighted by molar-refractivity contribution is 5.67. The van der Waals surface area contributed by atoms with Gasteiger partial charge < -0.3 is 0 Å². The molecule has 1 heterocycles. The van der Waals surface area contributed by atoms with Crippen LogP contribution in [-0.4, -0.2) is 9.97 Å². The van der Waals surface area contributed by atoms with Gasteiger partial charge in [-0.15, -0.1) is 0 Å². The minimum absolute atomic E-state index is 0.800. The summed E-state index contributed by atoms with van der Waals surface area (Å²) in [5, 5.41) is 0. The molecule has 0 N–H and O–H groups in total. The molecule has 0 spiro atoms. The molecular formula is C24H28N2. The van der Waals surface area contributed by atoms with Gasteiger partial charge in [-0.2, -0.15) is 0 Å². The zero-order chi connectivity index (χ0) is 18.2. The number of hydrogen-bond acceptors (Lipinski definition) is 2. The summed E-state index contributed by atoms with van der Waals surface area (Å²) in [4.78, 5) is 9.10. The van der Waals surface area contributed by atoms with Crippen LogP contribution in [0.1, 0.15) is 50.7 Å². The van der Waals surface area contributed by atoms with E-state index in [2.05, 4.69) is 72.3 Å². The molecule has 2 aromatic carbocycles. The fourth-order valence-electron chi connectivity index (χ4n) is 3.18. The van der Waals surface area contributed by atoms with Crippen LogP contribution in [0, 0.1) is 0 Å². The second-order valence-corrected chi connectivity index (χ2v) is 6.90. The molecular weight excluding hydrogens is 316 g/mol. The molecule has 0 unspecified atom stereocenters. The maximum atomic E-state index is 4.55. The van der Waals surface area contributed by atoms with Crippen LogP contribution in [0.4, 0.5) is 0 Å². The van der Waals surface area contributed by atoms with Gasteiger partial charge in [0.15, 0.2) is 5.82 Å². The molecule has 3 aromatic rings. The fraction of sp³-hybridized carbons (Fsp3) is 0.333. The van der Waals surface area contributed by atoms with Crippen LogP contribution in [0.3, 0.4) is 0 Å².